The monoisotopic (exact) mass is 420 g/mol. The van der Waals surface area contributed by atoms with Gasteiger partial charge in [0.1, 0.15) is 11.5 Å². The summed E-state index contributed by atoms with van der Waals surface area (Å²) < 4.78 is 18.6. The second kappa shape index (κ2) is 10.4. The van der Waals surface area contributed by atoms with Gasteiger partial charge in [-0.3, -0.25) is 4.79 Å². The lowest BCUT2D eigenvalue weighted by molar-refractivity contribution is 0.0928. The van der Waals surface area contributed by atoms with Gasteiger partial charge in [-0.2, -0.15) is 0 Å². The van der Waals surface area contributed by atoms with Crippen LogP contribution in [0.5, 0.6) is 0 Å². The molecule has 1 amide bonds. The molecule has 1 aromatic heterocycles. The van der Waals surface area contributed by atoms with Gasteiger partial charge in [0.05, 0.1) is 13.2 Å². The summed E-state index contributed by atoms with van der Waals surface area (Å²) in [5, 5.41) is 3.78. The maximum atomic E-state index is 13.3. The predicted molar refractivity (Wildman–Crippen MR) is 116 cm³/mol. The number of aromatic nitrogens is 1. The molecule has 3 aromatic rings. The molecule has 0 aliphatic heterocycles. The summed E-state index contributed by atoms with van der Waals surface area (Å²) in [7, 11) is 0. The number of H-pyrrole nitrogens is 1. The number of halogens is 2. The number of hydrogen-bond acceptors (Lipinski definition) is 4. The van der Waals surface area contributed by atoms with Crippen LogP contribution in [0.25, 0.3) is 22.0 Å². The minimum Gasteiger partial charge on any atom is -0.378 e. The minimum absolute atomic E-state index is 0. The van der Waals surface area contributed by atoms with Crippen molar-refractivity contribution in [3.8, 4) is 11.1 Å². The first kappa shape index (κ1) is 22.8. The van der Waals surface area contributed by atoms with E-state index in [9.17, 15) is 9.18 Å². The highest BCUT2D eigenvalue weighted by atomic mass is 35.5. The van der Waals surface area contributed by atoms with Crippen LogP contribution in [0.1, 0.15) is 16.1 Å². The van der Waals surface area contributed by atoms with Crippen molar-refractivity contribution in [3.05, 3.63) is 59.5 Å². The van der Waals surface area contributed by atoms with E-state index in [1.54, 1.807) is 12.1 Å². The highest BCUT2D eigenvalue weighted by molar-refractivity contribution is 6.05. The minimum atomic E-state index is -0.310. The molecule has 0 spiro atoms. The first-order valence-corrected chi connectivity index (χ1v) is 9.20. The molecule has 1 heterocycles. The molecule has 0 radical (unpaired) electrons. The Morgan fingerprint density at radius 1 is 1.24 bits per heavy atom. The Hall–Kier alpha value is -2.45. The molecule has 6 N–H and O–H groups in total. The van der Waals surface area contributed by atoms with Gasteiger partial charge in [0, 0.05) is 30.0 Å². The zero-order chi connectivity index (χ0) is 20.1. The van der Waals surface area contributed by atoms with Crippen LogP contribution in [-0.2, 0) is 4.74 Å². The fraction of sp³-hybridized carbons (Fsp3) is 0.286. The molecule has 29 heavy (non-hydrogen) atoms. The van der Waals surface area contributed by atoms with Gasteiger partial charge in [-0.25, -0.2) is 4.39 Å². The number of fused-ring (bicyclic) bond motifs is 1. The van der Waals surface area contributed by atoms with Crippen LogP contribution in [0, 0.1) is 12.7 Å². The zero-order valence-electron chi connectivity index (χ0n) is 16.2. The number of carbonyl (C=O) groups excluding carboxylic acids is 1. The van der Waals surface area contributed by atoms with Gasteiger partial charge in [-0.1, -0.05) is 24.3 Å². The van der Waals surface area contributed by atoms with E-state index in [1.165, 1.54) is 12.1 Å². The topological polar surface area (TPSA) is 106 Å². The van der Waals surface area contributed by atoms with Gasteiger partial charge in [0.25, 0.3) is 5.91 Å². The molecule has 0 saturated carbocycles. The lowest BCUT2D eigenvalue weighted by atomic mass is 9.99. The molecule has 156 valence electrons. The summed E-state index contributed by atoms with van der Waals surface area (Å²) in [6, 6.07) is 11.8. The second-order valence-electron chi connectivity index (χ2n) is 6.69. The predicted octanol–water partition coefficient (Wildman–Crippen LogP) is 2.74. The average Bonchev–Trinajstić information content (AvgIpc) is 3.04. The fourth-order valence-electron chi connectivity index (χ4n) is 3.20. The van der Waals surface area contributed by atoms with Crippen LogP contribution in [-0.4, -0.2) is 43.2 Å². The van der Waals surface area contributed by atoms with Gasteiger partial charge in [-0.05, 0) is 41.8 Å². The zero-order valence-corrected chi connectivity index (χ0v) is 17.0. The number of hydrogen-bond donors (Lipinski definition) is 4. The lowest BCUT2D eigenvalue weighted by Crippen LogP contribution is -2.40. The molecule has 0 aliphatic carbocycles. The Bertz CT molecular complexity index is 959. The lowest BCUT2D eigenvalue weighted by Gasteiger charge is -2.12. The van der Waals surface area contributed by atoms with Crippen molar-refractivity contribution in [2.24, 2.45) is 11.5 Å². The van der Waals surface area contributed by atoms with Crippen LogP contribution in [0.4, 0.5) is 4.39 Å². The van der Waals surface area contributed by atoms with Crippen molar-refractivity contribution in [1.82, 2.24) is 10.3 Å². The maximum absolute atomic E-state index is 13.3. The summed E-state index contributed by atoms with van der Waals surface area (Å²) in [5.74, 6) is -0.512. The van der Waals surface area contributed by atoms with E-state index in [0.29, 0.717) is 32.0 Å². The van der Waals surface area contributed by atoms with Gasteiger partial charge in [0.2, 0.25) is 0 Å². The van der Waals surface area contributed by atoms with Crippen LogP contribution in [0.2, 0.25) is 0 Å². The van der Waals surface area contributed by atoms with Crippen molar-refractivity contribution in [2.45, 2.75) is 13.0 Å². The maximum Gasteiger partial charge on any atom is 0.268 e. The molecule has 2 aromatic carbocycles. The van der Waals surface area contributed by atoms with Gasteiger partial charge < -0.3 is 26.5 Å². The van der Waals surface area contributed by atoms with E-state index in [4.69, 9.17) is 16.2 Å². The first-order valence-electron chi connectivity index (χ1n) is 9.20. The van der Waals surface area contributed by atoms with Gasteiger partial charge >= 0.3 is 0 Å². The summed E-state index contributed by atoms with van der Waals surface area (Å²) >= 11 is 0. The number of aryl methyl sites for hydroxylation is 1. The Morgan fingerprint density at radius 3 is 2.66 bits per heavy atom. The number of nitrogens with one attached hydrogen (secondary N) is 2. The number of ether oxygens (including phenoxy) is 1. The quantitative estimate of drug-likeness (QED) is 0.420. The third-order valence-electron chi connectivity index (χ3n) is 4.58. The van der Waals surface area contributed by atoms with Crippen LogP contribution >= 0.6 is 12.4 Å². The Labute approximate surface area is 175 Å². The van der Waals surface area contributed by atoms with E-state index >= 15 is 0 Å². The van der Waals surface area contributed by atoms with Crippen molar-refractivity contribution in [3.63, 3.8) is 0 Å². The summed E-state index contributed by atoms with van der Waals surface area (Å²) in [6.45, 7) is 3.39. The van der Waals surface area contributed by atoms with E-state index in [1.807, 2.05) is 25.1 Å². The normalized spacial score (nSPS) is 11.9. The molecule has 1 atom stereocenters. The molecule has 0 fully saturated rings. The molecule has 0 aliphatic rings. The Morgan fingerprint density at radius 2 is 1.97 bits per heavy atom. The standard InChI is InChI=1S/C21H25FN4O2.ClH/c1-13-19-17(14-5-7-15(22)8-6-14)3-2-4-18(19)26-20(13)21(27)25-11-16(24)12-28-10-9-23;/h2-8,16,26H,9-12,23-24H2,1H3,(H,25,27);1H. The molecule has 8 heteroatoms. The molecule has 1 unspecified atom stereocenters. The largest absolute Gasteiger partial charge is 0.378 e. The first-order chi connectivity index (χ1) is 13.5. The number of carbonyl (C=O) groups is 1. The third-order valence-corrected chi connectivity index (χ3v) is 4.58. The van der Waals surface area contributed by atoms with E-state index < -0.39 is 0 Å². The smallest absolute Gasteiger partial charge is 0.268 e. The molecule has 0 bridgehead atoms. The van der Waals surface area contributed by atoms with Crippen molar-refractivity contribution >= 4 is 29.2 Å². The molecular formula is C21H26ClFN4O2. The molecule has 3 rings (SSSR count). The molecule has 0 saturated heterocycles. The number of aromatic amines is 1. The fourth-order valence-corrected chi connectivity index (χ4v) is 3.20. The Balaban J connectivity index is 0.00000300. The highest BCUT2D eigenvalue weighted by Crippen LogP contribution is 2.32. The Kier molecular flexibility index (Phi) is 8.16. The van der Waals surface area contributed by atoms with Crippen LogP contribution < -0.4 is 16.8 Å². The van der Waals surface area contributed by atoms with Gasteiger partial charge in [0.15, 0.2) is 0 Å². The SMILES string of the molecule is Cc1c(C(=O)NCC(N)COCCN)[nH]c2cccc(-c3ccc(F)cc3)c12.Cl. The van der Waals surface area contributed by atoms with Crippen molar-refractivity contribution in [1.29, 1.82) is 0 Å². The summed E-state index contributed by atoms with van der Waals surface area (Å²) in [4.78, 5) is 15.8. The number of nitrogens with two attached hydrogens (primary N) is 2. The number of rotatable bonds is 8. The van der Waals surface area contributed by atoms with Crippen LogP contribution in [0.3, 0.4) is 0 Å². The van der Waals surface area contributed by atoms with Crippen molar-refractivity contribution in [2.75, 3.05) is 26.3 Å². The second-order valence-corrected chi connectivity index (χ2v) is 6.69. The molecule has 6 nitrogen and oxygen atoms in total. The van der Waals surface area contributed by atoms with E-state index in [-0.39, 0.29) is 30.2 Å². The third kappa shape index (κ3) is 5.33. The van der Waals surface area contributed by atoms with Crippen molar-refractivity contribution < 1.29 is 13.9 Å². The number of benzene rings is 2. The van der Waals surface area contributed by atoms with Gasteiger partial charge in [-0.15, -0.1) is 12.4 Å². The van der Waals surface area contributed by atoms with E-state index in [2.05, 4.69) is 10.3 Å². The summed E-state index contributed by atoms with van der Waals surface area (Å²) in [6.07, 6.45) is 0. The van der Waals surface area contributed by atoms with E-state index in [0.717, 1.165) is 27.6 Å². The average molecular weight is 421 g/mol. The highest BCUT2D eigenvalue weighted by Gasteiger charge is 2.18. The summed E-state index contributed by atoms with van der Waals surface area (Å²) in [5.41, 5.74) is 15.3. The van der Waals surface area contributed by atoms with Crippen LogP contribution in [0.15, 0.2) is 42.5 Å². The molecular weight excluding hydrogens is 395 g/mol. The number of amides is 1.